The third-order valence-corrected chi connectivity index (χ3v) is 7.21. The van der Waals surface area contributed by atoms with E-state index < -0.39 is 0 Å². The summed E-state index contributed by atoms with van der Waals surface area (Å²) >= 11 is 6.12. The smallest absolute Gasteiger partial charge is 0.272 e. The zero-order valence-corrected chi connectivity index (χ0v) is 21.7. The van der Waals surface area contributed by atoms with Gasteiger partial charge < -0.3 is 15.1 Å². The number of halogens is 1. The second-order valence-electron chi connectivity index (χ2n) is 10.2. The fraction of sp³-hybridized carbons (Fsp3) is 0.357. The van der Waals surface area contributed by atoms with E-state index in [-0.39, 0.29) is 34.3 Å². The van der Waals surface area contributed by atoms with Crippen LogP contribution in [0.1, 0.15) is 71.9 Å². The lowest BCUT2D eigenvalue weighted by atomic mass is 9.99. The van der Waals surface area contributed by atoms with Crippen molar-refractivity contribution in [1.29, 1.82) is 0 Å². The highest BCUT2D eigenvalue weighted by molar-refractivity contribution is 6.29. The second-order valence-corrected chi connectivity index (χ2v) is 10.6. The van der Waals surface area contributed by atoms with Gasteiger partial charge in [0.15, 0.2) is 11.1 Å². The molecular formula is C28H28ClN5O3. The van der Waals surface area contributed by atoms with Gasteiger partial charge in [-0.1, -0.05) is 17.7 Å². The van der Waals surface area contributed by atoms with Crippen LogP contribution in [0.2, 0.25) is 5.15 Å². The Morgan fingerprint density at radius 1 is 1.19 bits per heavy atom. The molecular weight excluding hydrogens is 490 g/mol. The summed E-state index contributed by atoms with van der Waals surface area (Å²) in [6, 6.07) is 7.60. The van der Waals surface area contributed by atoms with Crippen LogP contribution in [0.4, 0.5) is 5.69 Å². The molecule has 6 rings (SSSR count). The predicted molar refractivity (Wildman–Crippen MR) is 143 cm³/mol. The van der Waals surface area contributed by atoms with E-state index in [1.54, 1.807) is 25.3 Å². The molecule has 2 saturated carbocycles. The summed E-state index contributed by atoms with van der Waals surface area (Å²) < 4.78 is 8.41. The number of benzene rings is 1. The minimum absolute atomic E-state index is 0.0646. The molecule has 3 heterocycles. The first kappa shape index (κ1) is 23.7. The highest BCUT2D eigenvalue weighted by atomic mass is 35.5. The Balaban J connectivity index is 1.41. The summed E-state index contributed by atoms with van der Waals surface area (Å²) in [5.74, 6) is 0.269. The highest BCUT2D eigenvalue weighted by Crippen LogP contribution is 2.37. The number of aromatic nitrogens is 3. The molecule has 37 heavy (non-hydrogen) atoms. The Hall–Kier alpha value is -3.65. The fourth-order valence-electron chi connectivity index (χ4n) is 4.68. The molecule has 2 N–H and O–H groups in total. The Labute approximate surface area is 219 Å². The molecule has 0 aliphatic heterocycles. The molecule has 8 nitrogen and oxygen atoms in total. The summed E-state index contributed by atoms with van der Waals surface area (Å²) in [5.41, 5.74) is 4.35. The largest absolute Gasteiger partial charge is 0.455 e. The van der Waals surface area contributed by atoms with Crippen LogP contribution in [0.5, 0.6) is 0 Å². The molecule has 190 valence electrons. The number of aryl methyl sites for hydroxylation is 1. The molecule has 0 spiro atoms. The second kappa shape index (κ2) is 9.03. The number of carbonyl (C=O) groups is 1. The number of hydrogen-bond acceptors (Lipinski definition) is 6. The van der Waals surface area contributed by atoms with E-state index in [9.17, 15) is 9.59 Å². The van der Waals surface area contributed by atoms with E-state index in [1.807, 2.05) is 36.9 Å². The van der Waals surface area contributed by atoms with Crippen molar-refractivity contribution in [2.24, 2.45) is 0 Å². The number of nitrogens with zero attached hydrogens (tertiary/aromatic N) is 3. The molecule has 1 aromatic carbocycles. The van der Waals surface area contributed by atoms with Crippen molar-refractivity contribution in [2.45, 2.75) is 64.6 Å². The summed E-state index contributed by atoms with van der Waals surface area (Å²) in [4.78, 5) is 30.6. The molecule has 3 aromatic heterocycles. The summed E-state index contributed by atoms with van der Waals surface area (Å²) in [7, 11) is 0. The number of amides is 1. The summed E-state index contributed by atoms with van der Waals surface area (Å²) in [5, 5.41) is 11.6. The lowest BCUT2D eigenvalue weighted by Crippen LogP contribution is -2.27. The quantitative estimate of drug-likeness (QED) is 0.304. The fourth-order valence-corrected chi connectivity index (χ4v) is 4.82. The molecule has 0 radical (unpaired) electrons. The monoisotopic (exact) mass is 517 g/mol. The average Bonchev–Trinajstić information content (AvgIpc) is 3.82. The van der Waals surface area contributed by atoms with Gasteiger partial charge in [-0.25, -0.2) is 4.98 Å². The van der Waals surface area contributed by atoms with Crippen LogP contribution in [0.25, 0.3) is 22.3 Å². The Kier molecular flexibility index (Phi) is 5.79. The van der Waals surface area contributed by atoms with Crippen molar-refractivity contribution in [3.05, 3.63) is 74.4 Å². The molecule has 0 unspecified atom stereocenters. The van der Waals surface area contributed by atoms with E-state index in [0.29, 0.717) is 34.0 Å². The van der Waals surface area contributed by atoms with Crippen LogP contribution >= 0.6 is 11.6 Å². The number of nitrogens with one attached hydrogen (secondary N) is 2. The zero-order valence-electron chi connectivity index (χ0n) is 21.0. The molecule has 2 aliphatic carbocycles. The number of fused-ring (bicyclic) bond motifs is 1. The zero-order chi connectivity index (χ0) is 25.8. The van der Waals surface area contributed by atoms with Gasteiger partial charge in [-0.3, -0.25) is 14.3 Å². The number of hydrogen-bond donors (Lipinski definition) is 2. The first-order chi connectivity index (χ1) is 17.8. The SMILES string of the molecule is Cc1cc([C@@H](C)Nc2ccc(Cl)nc2C(=O)NC2CC2)c2oc(-c3cnn(C4CC4)c3)c(C)c(=O)c2c1. The van der Waals surface area contributed by atoms with Gasteiger partial charge in [0.05, 0.1) is 34.9 Å². The maximum absolute atomic E-state index is 13.5. The van der Waals surface area contributed by atoms with Crippen molar-refractivity contribution in [2.75, 3.05) is 5.32 Å². The molecule has 1 atom stereocenters. The molecule has 4 aromatic rings. The van der Waals surface area contributed by atoms with Crippen molar-refractivity contribution >= 4 is 34.2 Å². The van der Waals surface area contributed by atoms with E-state index in [2.05, 4.69) is 20.7 Å². The van der Waals surface area contributed by atoms with Gasteiger partial charge in [0, 0.05) is 23.4 Å². The van der Waals surface area contributed by atoms with E-state index >= 15 is 0 Å². The highest BCUT2D eigenvalue weighted by Gasteiger charge is 2.28. The van der Waals surface area contributed by atoms with Gasteiger partial charge in [-0.05, 0) is 70.2 Å². The Bertz CT molecular complexity index is 1600. The molecule has 2 aliphatic rings. The molecule has 1 amide bonds. The maximum atomic E-state index is 13.5. The van der Waals surface area contributed by atoms with Crippen LogP contribution < -0.4 is 16.1 Å². The van der Waals surface area contributed by atoms with Gasteiger partial charge in [-0.15, -0.1) is 0 Å². The van der Waals surface area contributed by atoms with Crippen LogP contribution in [-0.2, 0) is 0 Å². The number of rotatable bonds is 7. The topological polar surface area (TPSA) is 102 Å². The number of pyridine rings is 1. The Morgan fingerprint density at radius 2 is 1.97 bits per heavy atom. The standard InChI is InChI=1S/C28H28ClN5O3/c1-14-10-20(16(3)31-22-8-9-23(29)33-24(22)28(36)32-18-4-5-18)27-21(11-14)25(35)15(2)26(37-27)17-12-30-34(13-17)19-6-7-19/h8-13,16,18-19,31H,4-7H2,1-3H3,(H,32,36)/t16-/m1/s1. The molecule has 2 fully saturated rings. The molecule has 0 saturated heterocycles. The minimum atomic E-state index is -0.300. The molecule has 0 bridgehead atoms. The molecule has 9 heteroatoms. The van der Waals surface area contributed by atoms with Crippen molar-refractivity contribution in [3.8, 4) is 11.3 Å². The van der Waals surface area contributed by atoms with Gasteiger partial charge >= 0.3 is 0 Å². The van der Waals surface area contributed by atoms with Gasteiger partial charge in [0.2, 0.25) is 0 Å². The van der Waals surface area contributed by atoms with E-state index in [1.165, 1.54) is 0 Å². The summed E-state index contributed by atoms with van der Waals surface area (Å²) in [6.45, 7) is 5.72. The van der Waals surface area contributed by atoms with E-state index in [4.69, 9.17) is 16.0 Å². The third kappa shape index (κ3) is 4.62. The van der Waals surface area contributed by atoms with Crippen LogP contribution in [-0.4, -0.2) is 26.7 Å². The number of carbonyl (C=O) groups excluding carboxylic acids is 1. The van der Waals surface area contributed by atoms with Crippen LogP contribution in [0.3, 0.4) is 0 Å². The van der Waals surface area contributed by atoms with Crippen molar-refractivity contribution in [1.82, 2.24) is 20.1 Å². The van der Waals surface area contributed by atoms with Gasteiger partial charge in [-0.2, -0.15) is 5.10 Å². The third-order valence-electron chi connectivity index (χ3n) is 7.00. The van der Waals surface area contributed by atoms with Gasteiger partial charge in [0.25, 0.3) is 5.91 Å². The summed E-state index contributed by atoms with van der Waals surface area (Å²) in [6.07, 6.45) is 7.90. The predicted octanol–water partition coefficient (Wildman–Crippen LogP) is 5.72. The Morgan fingerprint density at radius 3 is 2.70 bits per heavy atom. The minimum Gasteiger partial charge on any atom is -0.455 e. The first-order valence-corrected chi connectivity index (χ1v) is 13.0. The average molecular weight is 518 g/mol. The lowest BCUT2D eigenvalue weighted by molar-refractivity contribution is 0.0947. The van der Waals surface area contributed by atoms with Crippen molar-refractivity contribution in [3.63, 3.8) is 0 Å². The number of anilines is 1. The first-order valence-electron chi connectivity index (χ1n) is 12.6. The normalized spacial score (nSPS) is 16.1. The van der Waals surface area contributed by atoms with Crippen LogP contribution in [0.15, 0.2) is 45.9 Å². The van der Waals surface area contributed by atoms with Crippen molar-refractivity contribution < 1.29 is 9.21 Å². The van der Waals surface area contributed by atoms with Crippen LogP contribution in [0, 0.1) is 13.8 Å². The maximum Gasteiger partial charge on any atom is 0.272 e. The lowest BCUT2D eigenvalue weighted by Gasteiger charge is -2.20. The van der Waals surface area contributed by atoms with E-state index in [0.717, 1.165) is 42.4 Å². The van der Waals surface area contributed by atoms with Gasteiger partial charge in [0.1, 0.15) is 16.5 Å².